The summed E-state index contributed by atoms with van der Waals surface area (Å²) in [6.07, 6.45) is 5.93. The number of rotatable bonds is 8. The van der Waals surface area contributed by atoms with Crippen molar-refractivity contribution in [3.05, 3.63) is 97.1 Å². The Hall–Kier alpha value is -3.65. The van der Waals surface area contributed by atoms with Crippen molar-refractivity contribution in [2.24, 2.45) is 5.10 Å². The second-order valence-electron chi connectivity index (χ2n) is 7.32. The fourth-order valence-corrected chi connectivity index (χ4v) is 7.17. The summed E-state index contributed by atoms with van der Waals surface area (Å²) in [7, 11) is 1.60. The van der Waals surface area contributed by atoms with Gasteiger partial charge in [-0.2, -0.15) is 5.10 Å². The van der Waals surface area contributed by atoms with Gasteiger partial charge in [0.15, 0.2) is 17.8 Å². The van der Waals surface area contributed by atoms with Crippen LogP contribution in [0.4, 0.5) is 5.13 Å². The molecule has 3 heterocycles. The van der Waals surface area contributed by atoms with Gasteiger partial charge < -0.3 is 9.26 Å². The molecule has 0 unspecified atom stereocenters. The van der Waals surface area contributed by atoms with Gasteiger partial charge in [0.25, 0.3) is 0 Å². The monoisotopic (exact) mass is 517 g/mol. The maximum Gasteiger partial charge on any atom is 0.204 e. The summed E-state index contributed by atoms with van der Waals surface area (Å²) in [5.41, 5.74) is 4.78. The van der Waals surface area contributed by atoms with E-state index in [1.165, 1.54) is 0 Å². The van der Waals surface area contributed by atoms with Crippen LogP contribution in [0.1, 0.15) is 5.56 Å². The molecular formula is C25H20N5O2PS2. The van der Waals surface area contributed by atoms with Crippen LogP contribution >= 0.6 is 17.6 Å². The van der Waals surface area contributed by atoms with Gasteiger partial charge in [0.05, 0.1) is 23.5 Å². The van der Waals surface area contributed by atoms with E-state index in [9.17, 15) is 0 Å². The average Bonchev–Trinajstić information content (AvgIpc) is 3.33. The summed E-state index contributed by atoms with van der Waals surface area (Å²) >= 11 is 7.69. The molecule has 10 heteroatoms. The van der Waals surface area contributed by atoms with E-state index in [1.807, 2.05) is 66.7 Å². The molecule has 5 aromatic rings. The minimum absolute atomic E-state index is 0.556. The molecule has 0 aliphatic heterocycles. The van der Waals surface area contributed by atoms with Gasteiger partial charge in [-0.1, -0.05) is 23.5 Å². The van der Waals surface area contributed by atoms with Crippen molar-refractivity contribution in [2.45, 2.75) is 0 Å². The molecule has 7 nitrogen and oxygen atoms in total. The van der Waals surface area contributed by atoms with Crippen LogP contribution in [0.5, 0.6) is 11.5 Å². The van der Waals surface area contributed by atoms with Gasteiger partial charge in [-0.25, -0.2) is 4.98 Å². The fourth-order valence-electron chi connectivity index (χ4n) is 3.40. The lowest BCUT2D eigenvalue weighted by atomic mass is 10.2. The summed E-state index contributed by atoms with van der Waals surface area (Å²) in [6.45, 7) is 0. The van der Waals surface area contributed by atoms with Gasteiger partial charge in [-0.05, 0) is 72.0 Å². The second kappa shape index (κ2) is 10.3. The highest BCUT2D eigenvalue weighted by molar-refractivity contribution is 8.19. The van der Waals surface area contributed by atoms with E-state index in [0.717, 1.165) is 31.5 Å². The molecule has 0 bridgehead atoms. The number of pyridine rings is 2. The first kappa shape index (κ1) is 23.1. The molecule has 1 N–H and O–H groups in total. The lowest BCUT2D eigenvalue weighted by molar-refractivity contribution is 0.398. The largest absolute Gasteiger partial charge is 0.493 e. The zero-order valence-corrected chi connectivity index (χ0v) is 21.1. The topological polar surface area (TPSA) is 81.5 Å². The first-order valence-corrected chi connectivity index (χ1v) is 14.1. The van der Waals surface area contributed by atoms with Gasteiger partial charge in [-0.3, -0.25) is 15.4 Å². The molecule has 0 amide bonds. The number of aromatic nitrogens is 3. The Morgan fingerprint density at radius 2 is 1.60 bits per heavy atom. The lowest BCUT2D eigenvalue weighted by Crippen LogP contribution is -2.20. The molecule has 0 aliphatic rings. The number of fused-ring (bicyclic) bond motifs is 1. The van der Waals surface area contributed by atoms with Gasteiger partial charge in [0, 0.05) is 35.4 Å². The van der Waals surface area contributed by atoms with Crippen LogP contribution in [0.3, 0.4) is 0 Å². The number of para-hydroxylation sites is 1. The van der Waals surface area contributed by atoms with Crippen molar-refractivity contribution in [1.29, 1.82) is 0 Å². The van der Waals surface area contributed by atoms with E-state index in [-0.39, 0.29) is 0 Å². The van der Waals surface area contributed by atoms with E-state index >= 15 is 0 Å². The molecule has 0 spiro atoms. The Labute approximate surface area is 211 Å². The van der Waals surface area contributed by atoms with E-state index in [2.05, 4.69) is 25.5 Å². The molecule has 174 valence electrons. The summed E-state index contributed by atoms with van der Waals surface area (Å²) in [6, 6.07) is 21.1. The van der Waals surface area contributed by atoms with Gasteiger partial charge >= 0.3 is 0 Å². The summed E-state index contributed by atoms with van der Waals surface area (Å²) in [5.74, 6) is 1.12. The average molecular weight is 518 g/mol. The standard InChI is InChI=1S/C25H20N5O2PS2/c1-31-23-16-18(17-28-30-25-29-21-4-2-3-5-24(21)35-25)6-7-22(23)32-33(34,19-8-12-26-13-9-19)20-10-14-27-15-11-20/h2-17H,1H3,(H,29,30)/b28-17+. The predicted molar refractivity (Wildman–Crippen MR) is 146 cm³/mol. The first-order valence-electron chi connectivity index (χ1n) is 10.6. The quantitative estimate of drug-likeness (QED) is 0.177. The van der Waals surface area contributed by atoms with Crippen LogP contribution in [0.2, 0.25) is 0 Å². The van der Waals surface area contributed by atoms with Gasteiger partial charge in [-0.15, -0.1) is 0 Å². The predicted octanol–water partition coefficient (Wildman–Crippen LogP) is 4.97. The third kappa shape index (κ3) is 5.07. The maximum absolute atomic E-state index is 6.54. The van der Waals surface area contributed by atoms with Crippen LogP contribution in [-0.4, -0.2) is 28.3 Å². The Morgan fingerprint density at radius 3 is 2.26 bits per heavy atom. The molecule has 0 fully saturated rings. The number of thiazole rings is 1. The molecule has 35 heavy (non-hydrogen) atoms. The zero-order chi connectivity index (χ0) is 24.1. The summed E-state index contributed by atoms with van der Waals surface area (Å²) in [5, 5.41) is 6.84. The van der Waals surface area contributed by atoms with Crippen LogP contribution in [0.25, 0.3) is 10.2 Å². The molecule has 0 radical (unpaired) electrons. The molecule has 0 saturated heterocycles. The zero-order valence-electron chi connectivity index (χ0n) is 18.6. The minimum atomic E-state index is -2.66. The number of nitrogens with one attached hydrogen (secondary N) is 1. The van der Waals surface area contributed by atoms with Crippen molar-refractivity contribution in [1.82, 2.24) is 15.0 Å². The van der Waals surface area contributed by atoms with Crippen molar-refractivity contribution in [3.8, 4) is 11.5 Å². The number of benzene rings is 2. The van der Waals surface area contributed by atoms with Crippen LogP contribution < -0.4 is 25.3 Å². The SMILES string of the molecule is COc1cc(/C=N/Nc2nc3ccccc3s2)ccc1OP(=S)(c1ccncc1)c1ccncc1. The van der Waals surface area contributed by atoms with Crippen molar-refractivity contribution in [3.63, 3.8) is 0 Å². The Balaban J connectivity index is 1.40. The minimum Gasteiger partial charge on any atom is -0.493 e. The van der Waals surface area contributed by atoms with Gasteiger partial charge in [0.1, 0.15) is 0 Å². The van der Waals surface area contributed by atoms with Crippen molar-refractivity contribution >= 4 is 61.6 Å². The number of hydrazone groups is 1. The fraction of sp³-hybridized carbons (Fsp3) is 0.0400. The highest BCUT2D eigenvalue weighted by atomic mass is 32.4. The molecule has 0 saturated carbocycles. The van der Waals surface area contributed by atoms with Crippen LogP contribution in [0, 0.1) is 0 Å². The van der Waals surface area contributed by atoms with E-state index < -0.39 is 6.26 Å². The highest BCUT2D eigenvalue weighted by Crippen LogP contribution is 2.48. The van der Waals surface area contributed by atoms with E-state index in [0.29, 0.717) is 11.5 Å². The van der Waals surface area contributed by atoms with Crippen LogP contribution in [0.15, 0.2) is 96.6 Å². The number of methoxy groups -OCH3 is 1. The summed E-state index contributed by atoms with van der Waals surface area (Å²) in [4.78, 5) is 12.8. The number of hydrogen-bond donors (Lipinski definition) is 1. The van der Waals surface area contributed by atoms with Crippen molar-refractivity contribution in [2.75, 3.05) is 12.5 Å². The third-order valence-corrected chi connectivity index (χ3v) is 9.93. The Bertz CT molecular complexity index is 1450. The summed E-state index contributed by atoms with van der Waals surface area (Å²) < 4.78 is 13.3. The lowest BCUT2D eigenvalue weighted by Gasteiger charge is -2.25. The molecule has 0 atom stereocenters. The van der Waals surface area contributed by atoms with Crippen molar-refractivity contribution < 1.29 is 9.26 Å². The maximum atomic E-state index is 6.54. The van der Waals surface area contributed by atoms with E-state index in [4.69, 9.17) is 21.1 Å². The number of hydrogen-bond acceptors (Lipinski definition) is 9. The number of anilines is 1. The Morgan fingerprint density at radius 1 is 0.914 bits per heavy atom. The van der Waals surface area contributed by atoms with E-state index in [1.54, 1.807) is 49.4 Å². The Kier molecular flexibility index (Phi) is 6.81. The normalized spacial score (nSPS) is 11.6. The molecular weight excluding hydrogens is 497 g/mol. The molecule has 3 aromatic heterocycles. The third-order valence-electron chi connectivity index (χ3n) is 5.09. The molecule has 5 rings (SSSR count). The highest BCUT2D eigenvalue weighted by Gasteiger charge is 2.26. The number of nitrogens with zero attached hydrogens (tertiary/aromatic N) is 4. The smallest absolute Gasteiger partial charge is 0.204 e. The molecule has 2 aromatic carbocycles. The first-order chi connectivity index (χ1) is 17.2. The molecule has 0 aliphatic carbocycles. The van der Waals surface area contributed by atoms with Gasteiger partial charge in [0.2, 0.25) is 5.13 Å². The number of ether oxygens (including phenoxy) is 1. The van der Waals surface area contributed by atoms with Crippen LogP contribution in [-0.2, 0) is 11.8 Å². The second-order valence-corrected chi connectivity index (χ2v) is 12.2.